The minimum atomic E-state index is -0.371. The van der Waals surface area contributed by atoms with E-state index in [1.54, 1.807) is 0 Å². The topological polar surface area (TPSA) is 36.4 Å². The van der Waals surface area contributed by atoms with Crippen molar-refractivity contribution in [1.29, 1.82) is 0 Å². The van der Waals surface area contributed by atoms with Gasteiger partial charge in [0.1, 0.15) is 6.23 Å². The molecule has 1 aliphatic heterocycles. The molecule has 0 spiro atoms. The number of hydrogen-bond donors (Lipinski definition) is 1. The molecule has 1 unspecified atom stereocenters. The third-order valence-electron chi connectivity index (χ3n) is 4.18. The number of para-hydroxylation sites is 1. The smallest absolute Gasteiger partial charge is 0.104 e. The molecular formula is C16H20N2O. The highest BCUT2D eigenvalue weighted by Crippen LogP contribution is 2.25. The number of aromatic nitrogens is 1. The molecule has 100 valence electrons. The number of aliphatic hydroxyl groups is 1. The van der Waals surface area contributed by atoms with Crippen molar-refractivity contribution >= 4 is 10.9 Å². The zero-order valence-electron chi connectivity index (χ0n) is 11.6. The molecule has 0 amide bonds. The fourth-order valence-corrected chi connectivity index (χ4v) is 3.01. The Kier molecular flexibility index (Phi) is 3.25. The summed E-state index contributed by atoms with van der Waals surface area (Å²) < 4.78 is 0. The second-order valence-electron chi connectivity index (χ2n) is 5.35. The van der Waals surface area contributed by atoms with Gasteiger partial charge >= 0.3 is 0 Å². The largest absolute Gasteiger partial charge is 0.379 e. The Hall–Kier alpha value is -1.45. The van der Waals surface area contributed by atoms with E-state index < -0.39 is 0 Å². The summed E-state index contributed by atoms with van der Waals surface area (Å²) in [6.45, 7) is 5.83. The Morgan fingerprint density at radius 1 is 1.21 bits per heavy atom. The van der Waals surface area contributed by atoms with E-state index in [-0.39, 0.29) is 6.23 Å². The number of fused-ring (bicyclic) bond motifs is 2. The first-order valence-electron chi connectivity index (χ1n) is 6.96. The number of aliphatic hydroxyl groups excluding tert-OH is 1. The van der Waals surface area contributed by atoms with E-state index in [4.69, 9.17) is 4.98 Å². The maximum atomic E-state index is 9.75. The van der Waals surface area contributed by atoms with Crippen LogP contribution < -0.4 is 0 Å². The van der Waals surface area contributed by atoms with Gasteiger partial charge in [-0.15, -0.1) is 0 Å². The zero-order chi connectivity index (χ0) is 13.4. The van der Waals surface area contributed by atoms with E-state index in [0.29, 0.717) is 0 Å². The molecule has 19 heavy (non-hydrogen) atoms. The quantitative estimate of drug-likeness (QED) is 0.850. The molecular weight excluding hydrogens is 236 g/mol. The average Bonchev–Trinajstić information content (AvgIpc) is 2.62. The summed E-state index contributed by atoms with van der Waals surface area (Å²) >= 11 is 0. The van der Waals surface area contributed by atoms with Crippen LogP contribution in [0.1, 0.15) is 23.7 Å². The highest BCUT2D eigenvalue weighted by atomic mass is 16.3. The predicted octanol–water partition coefficient (Wildman–Crippen LogP) is 2.28. The summed E-state index contributed by atoms with van der Waals surface area (Å²) in [7, 11) is 0. The van der Waals surface area contributed by atoms with E-state index in [0.717, 1.165) is 31.4 Å². The Balaban J connectivity index is 2.07. The van der Waals surface area contributed by atoms with Crippen molar-refractivity contribution in [2.75, 3.05) is 13.1 Å². The molecule has 1 aliphatic rings. The summed E-state index contributed by atoms with van der Waals surface area (Å²) in [5.74, 6) is 0. The molecule has 2 aromatic rings. The lowest BCUT2D eigenvalue weighted by molar-refractivity contribution is 0.0219. The molecule has 0 aliphatic carbocycles. The standard InChI is InChI=1S/C16H20N2O/c1-11-13-5-3-4-6-15(13)17-16-8-10-18(12(2)19)9-7-14(11)16/h3-6,12,19H,7-10H2,1-2H3. The Bertz CT molecular complexity index is 607. The summed E-state index contributed by atoms with van der Waals surface area (Å²) in [6, 6.07) is 8.34. The van der Waals surface area contributed by atoms with E-state index in [9.17, 15) is 5.11 Å². The number of nitrogens with zero attached hydrogens (tertiary/aromatic N) is 2. The third-order valence-corrected chi connectivity index (χ3v) is 4.18. The molecule has 3 nitrogen and oxygen atoms in total. The van der Waals surface area contributed by atoms with Gasteiger partial charge in [-0.2, -0.15) is 0 Å². The number of rotatable bonds is 1. The average molecular weight is 256 g/mol. The van der Waals surface area contributed by atoms with Crippen molar-refractivity contribution in [3.8, 4) is 0 Å². The molecule has 0 bridgehead atoms. The highest BCUT2D eigenvalue weighted by Gasteiger charge is 2.20. The second-order valence-corrected chi connectivity index (χ2v) is 5.35. The van der Waals surface area contributed by atoms with Gasteiger partial charge in [0.05, 0.1) is 5.52 Å². The van der Waals surface area contributed by atoms with Gasteiger partial charge < -0.3 is 5.11 Å². The maximum Gasteiger partial charge on any atom is 0.104 e. The summed E-state index contributed by atoms with van der Waals surface area (Å²) in [5.41, 5.74) is 5.03. The third kappa shape index (κ3) is 2.24. The summed E-state index contributed by atoms with van der Waals surface area (Å²) in [5, 5.41) is 11.0. The van der Waals surface area contributed by atoms with Crippen LogP contribution in [-0.2, 0) is 12.8 Å². The van der Waals surface area contributed by atoms with Crippen molar-refractivity contribution in [1.82, 2.24) is 9.88 Å². The molecule has 1 atom stereocenters. The molecule has 0 saturated heterocycles. The highest BCUT2D eigenvalue weighted by molar-refractivity contribution is 5.83. The van der Waals surface area contributed by atoms with Crippen LogP contribution in [0, 0.1) is 6.92 Å². The van der Waals surface area contributed by atoms with E-state index in [1.807, 2.05) is 13.0 Å². The Labute approximate surface area is 113 Å². The molecule has 1 aromatic heterocycles. The van der Waals surface area contributed by atoms with Gasteiger partial charge in [-0.3, -0.25) is 9.88 Å². The van der Waals surface area contributed by atoms with Gasteiger partial charge in [0.25, 0.3) is 0 Å². The van der Waals surface area contributed by atoms with Crippen molar-refractivity contribution < 1.29 is 5.11 Å². The number of aryl methyl sites for hydroxylation is 1. The van der Waals surface area contributed by atoms with Crippen LogP contribution in [0.2, 0.25) is 0 Å². The fraction of sp³-hybridized carbons (Fsp3) is 0.438. The number of hydrogen-bond acceptors (Lipinski definition) is 3. The molecule has 0 radical (unpaired) electrons. The molecule has 0 fully saturated rings. The lowest BCUT2D eigenvalue weighted by Crippen LogP contribution is -2.34. The minimum Gasteiger partial charge on any atom is -0.379 e. The molecule has 3 rings (SSSR count). The van der Waals surface area contributed by atoms with Crippen molar-refractivity contribution in [3.63, 3.8) is 0 Å². The molecule has 1 aromatic carbocycles. The number of pyridine rings is 1. The summed E-state index contributed by atoms with van der Waals surface area (Å²) in [6.07, 6.45) is 1.53. The SMILES string of the molecule is Cc1c2c(nc3ccccc13)CCN(C(C)O)CC2. The predicted molar refractivity (Wildman–Crippen MR) is 77.1 cm³/mol. The lowest BCUT2D eigenvalue weighted by Gasteiger charge is -2.22. The van der Waals surface area contributed by atoms with Gasteiger partial charge in [-0.25, -0.2) is 0 Å². The van der Waals surface area contributed by atoms with Crippen LogP contribution in [-0.4, -0.2) is 34.3 Å². The number of benzene rings is 1. The minimum absolute atomic E-state index is 0.371. The first-order valence-corrected chi connectivity index (χ1v) is 6.96. The molecule has 3 heteroatoms. The van der Waals surface area contributed by atoms with Crippen LogP contribution in [0.3, 0.4) is 0 Å². The molecule has 1 N–H and O–H groups in total. The van der Waals surface area contributed by atoms with Crippen molar-refractivity contribution in [3.05, 3.63) is 41.1 Å². The summed E-state index contributed by atoms with van der Waals surface area (Å²) in [4.78, 5) is 6.94. The van der Waals surface area contributed by atoms with Crippen LogP contribution in [0.5, 0.6) is 0 Å². The lowest BCUT2D eigenvalue weighted by atomic mass is 9.99. The second kappa shape index (κ2) is 4.91. The van der Waals surface area contributed by atoms with Gasteiger partial charge in [-0.05, 0) is 37.5 Å². The maximum absolute atomic E-state index is 9.75. The molecule has 2 heterocycles. The first-order chi connectivity index (χ1) is 9.16. The van der Waals surface area contributed by atoms with Gasteiger partial charge in [0, 0.05) is 30.6 Å². The van der Waals surface area contributed by atoms with Crippen LogP contribution >= 0.6 is 0 Å². The normalized spacial score (nSPS) is 18.1. The monoisotopic (exact) mass is 256 g/mol. The zero-order valence-corrected chi connectivity index (χ0v) is 11.6. The fourth-order valence-electron chi connectivity index (χ4n) is 3.01. The van der Waals surface area contributed by atoms with E-state index in [1.165, 1.54) is 22.2 Å². The first kappa shape index (κ1) is 12.6. The molecule has 0 saturated carbocycles. The van der Waals surface area contributed by atoms with Crippen molar-refractivity contribution in [2.24, 2.45) is 0 Å². The van der Waals surface area contributed by atoms with Crippen LogP contribution in [0.4, 0.5) is 0 Å². The van der Waals surface area contributed by atoms with Gasteiger partial charge in [0.15, 0.2) is 0 Å². The van der Waals surface area contributed by atoms with Crippen molar-refractivity contribution in [2.45, 2.75) is 32.9 Å². The van der Waals surface area contributed by atoms with E-state index >= 15 is 0 Å². The Morgan fingerprint density at radius 3 is 2.74 bits per heavy atom. The van der Waals surface area contributed by atoms with Gasteiger partial charge in [-0.1, -0.05) is 18.2 Å². The Morgan fingerprint density at radius 2 is 1.95 bits per heavy atom. The van der Waals surface area contributed by atoms with Gasteiger partial charge in [0.2, 0.25) is 0 Å². The van der Waals surface area contributed by atoms with Crippen LogP contribution in [0.15, 0.2) is 24.3 Å². The van der Waals surface area contributed by atoms with Crippen LogP contribution in [0.25, 0.3) is 10.9 Å². The van der Waals surface area contributed by atoms with E-state index in [2.05, 4.69) is 30.0 Å².